The van der Waals surface area contributed by atoms with Crippen LogP contribution in [0.15, 0.2) is 69.9 Å². The average Bonchev–Trinajstić information content (AvgIpc) is 2.73. The third-order valence-electron chi connectivity index (χ3n) is 5.24. The van der Waals surface area contributed by atoms with Crippen LogP contribution in [0.1, 0.15) is 27.0 Å². The molecule has 0 aliphatic carbocycles. The molecule has 0 saturated carbocycles. The van der Waals surface area contributed by atoms with E-state index in [2.05, 4.69) is 26.2 Å². The summed E-state index contributed by atoms with van der Waals surface area (Å²) in [4.78, 5) is 28.9. The topological polar surface area (TPSA) is 66.9 Å². The van der Waals surface area contributed by atoms with Crippen molar-refractivity contribution >= 4 is 50.6 Å². The molecule has 31 heavy (non-hydrogen) atoms. The Kier molecular flexibility index (Phi) is 5.89. The van der Waals surface area contributed by atoms with Gasteiger partial charge in [-0.2, -0.15) is 0 Å². The van der Waals surface area contributed by atoms with Crippen LogP contribution in [0.3, 0.4) is 0 Å². The number of aromatic nitrogens is 2. The van der Waals surface area contributed by atoms with E-state index in [-0.39, 0.29) is 11.5 Å². The van der Waals surface area contributed by atoms with E-state index >= 15 is 0 Å². The molecule has 4 aromatic rings. The summed E-state index contributed by atoms with van der Waals surface area (Å²) in [5.74, 6) is -0.247. The van der Waals surface area contributed by atoms with Gasteiger partial charge in [0.15, 0.2) is 4.77 Å². The minimum Gasteiger partial charge on any atom is -0.332 e. The number of hydrogen-bond donors (Lipinski definition) is 2. The number of H-pyrrole nitrogens is 1. The standard InChI is InChI=1S/C24H20BrN3O2S/c1-14-6-8-19(10-15(14)2)26-22(29)17-7-9-20-21(12-17)27-24(31)28(23(20)30)13-16-4-3-5-18(25)11-16/h3-12H,13H2,1-2H3,(H,26,29)(H,27,31). The fourth-order valence-corrected chi connectivity index (χ4v) is 4.08. The molecule has 3 aromatic carbocycles. The lowest BCUT2D eigenvalue weighted by Gasteiger charge is -2.11. The van der Waals surface area contributed by atoms with Crippen molar-refractivity contribution in [1.29, 1.82) is 0 Å². The van der Waals surface area contributed by atoms with Crippen LogP contribution in [-0.2, 0) is 6.54 Å². The second kappa shape index (κ2) is 8.61. The van der Waals surface area contributed by atoms with E-state index in [1.807, 2.05) is 56.3 Å². The number of amides is 1. The number of benzene rings is 3. The number of rotatable bonds is 4. The molecule has 0 aliphatic rings. The molecule has 0 bridgehead atoms. The van der Waals surface area contributed by atoms with Crippen LogP contribution in [0.2, 0.25) is 0 Å². The molecule has 0 radical (unpaired) electrons. The molecule has 1 heterocycles. The summed E-state index contributed by atoms with van der Waals surface area (Å²) < 4.78 is 2.77. The van der Waals surface area contributed by atoms with Crippen molar-refractivity contribution < 1.29 is 4.79 Å². The van der Waals surface area contributed by atoms with Gasteiger partial charge < -0.3 is 10.3 Å². The fraction of sp³-hybridized carbons (Fsp3) is 0.125. The van der Waals surface area contributed by atoms with Crippen LogP contribution < -0.4 is 10.9 Å². The van der Waals surface area contributed by atoms with Gasteiger partial charge in [0.25, 0.3) is 11.5 Å². The number of carbonyl (C=O) groups is 1. The molecule has 4 rings (SSSR count). The van der Waals surface area contributed by atoms with Gasteiger partial charge in [-0.15, -0.1) is 0 Å². The van der Waals surface area contributed by atoms with Crippen molar-refractivity contribution in [2.45, 2.75) is 20.4 Å². The maximum Gasteiger partial charge on any atom is 0.262 e. The summed E-state index contributed by atoms with van der Waals surface area (Å²) in [6.07, 6.45) is 0. The van der Waals surface area contributed by atoms with Crippen molar-refractivity contribution in [2.75, 3.05) is 5.32 Å². The highest BCUT2D eigenvalue weighted by molar-refractivity contribution is 9.10. The monoisotopic (exact) mass is 493 g/mol. The van der Waals surface area contributed by atoms with Crippen LogP contribution in [-0.4, -0.2) is 15.5 Å². The van der Waals surface area contributed by atoms with Crippen LogP contribution in [0.5, 0.6) is 0 Å². The van der Waals surface area contributed by atoms with E-state index in [1.54, 1.807) is 18.2 Å². The van der Waals surface area contributed by atoms with E-state index in [1.165, 1.54) is 4.57 Å². The summed E-state index contributed by atoms with van der Waals surface area (Å²) in [7, 11) is 0. The molecule has 0 aliphatic heterocycles. The normalized spacial score (nSPS) is 10.9. The zero-order chi connectivity index (χ0) is 22.1. The Balaban J connectivity index is 1.66. The van der Waals surface area contributed by atoms with Crippen LogP contribution in [0.25, 0.3) is 10.9 Å². The number of carbonyl (C=O) groups excluding carboxylic acids is 1. The van der Waals surface area contributed by atoms with Crippen molar-refractivity contribution in [3.63, 3.8) is 0 Å². The van der Waals surface area contributed by atoms with Gasteiger partial charge in [-0.25, -0.2) is 0 Å². The van der Waals surface area contributed by atoms with Crippen LogP contribution in [0, 0.1) is 18.6 Å². The van der Waals surface area contributed by atoms with Gasteiger partial charge in [0, 0.05) is 15.7 Å². The minimum absolute atomic E-state index is 0.195. The van der Waals surface area contributed by atoms with Gasteiger partial charge in [0.1, 0.15) is 0 Å². The lowest BCUT2D eigenvalue weighted by atomic mass is 10.1. The minimum atomic E-state index is -0.247. The Morgan fingerprint density at radius 3 is 2.61 bits per heavy atom. The van der Waals surface area contributed by atoms with E-state index in [9.17, 15) is 9.59 Å². The SMILES string of the molecule is Cc1ccc(NC(=O)c2ccc3c(=O)n(Cc4cccc(Br)c4)c(=S)[nH]c3c2)cc1C. The molecule has 0 spiro atoms. The number of aryl methyl sites for hydroxylation is 2. The predicted molar refractivity (Wildman–Crippen MR) is 131 cm³/mol. The molecule has 156 valence electrons. The molecule has 0 atom stereocenters. The largest absolute Gasteiger partial charge is 0.332 e. The average molecular weight is 494 g/mol. The van der Waals surface area contributed by atoms with Gasteiger partial charge in [0.05, 0.1) is 17.4 Å². The summed E-state index contributed by atoms with van der Waals surface area (Å²) >= 11 is 8.88. The summed E-state index contributed by atoms with van der Waals surface area (Å²) in [5.41, 5.74) is 4.74. The first-order valence-electron chi connectivity index (χ1n) is 9.72. The maximum absolute atomic E-state index is 13.0. The summed E-state index contributed by atoms with van der Waals surface area (Å²) in [6.45, 7) is 4.38. The lowest BCUT2D eigenvalue weighted by Crippen LogP contribution is -2.23. The molecule has 5 nitrogen and oxygen atoms in total. The molecular formula is C24H20BrN3O2S. The number of aromatic amines is 1. The second-order valence-corrected chi connectivity index (χ2v) is 8.77. The van der Waals surface area contributed by atoms with Gasteiger partial charge in [-0.1, -0.05) is 34.1 Å². The fourth-order valence-electron chi connectivity index (χ4n) is 3.38. The first-order valence-corrected chi connectivity index (χ1v) is 10.9. The van der Waals surface area contributed by atoms with Gasteiger partial charge in [-0.05, 0) is 85.2 Å². The molecule has 0 unspecified atom stereocenters. The maximum atomic E-state index is 13.0. The van der Waals surface area contributed by atoms with Gasteiger partial charge in [0.2, 0.25) is 0 Å². The second-order valence-electron chi connectivity index (χ2n) is 7.46. The Hall–Kier alpha value is -3.03. The Morgan fingerprint density at radius 1 is 1.06 bits per heavy atom. The summed E-state index contributed by atoms with van der Waals surface area (Å²) in [5, 5.41) is 3.38. The third kappa shape index (κ3) is 4.52. The molecule has 1 amide bonds. The van der Waals surface area contributed by atoms with Crippen molar-refractivity contribution in [2.24, 2.45) is 0 Å². The van der Waals surface area contributed by atoms with Gasteiger partial charge in [-0.3, -0.25) is 14.2 Å². The molecule has 2 N–H and O–H groups in total. The Morgan fingerprint density at radius 2 is 1.87 bits per heavy atom. The van der Waals surface area contributed by atoms with Crippen molar-refractivity contribution in [1.82, 2.24) is 9.55 Å². The van der Waals surface area contributed by atoms with E-state index < -0.39 is 0 Å². The Labute approximate surface area is 192 Å². The lowest BCUT2D eigenvalue weighted by molar-refractivity contribution is 0.102. The first-order chi connectivity index (χ1) is 14.8. The number of hydrogen-bond acceptors (Lipinski definition) is 3. The summed E-state index contributed by atoms with van der Waals surface area (Å²) in [6, 6.07) is 18.5. The molecule has 1 aromatic heterocycles. The highest BCUT2D eigenvalue weighted by Crippen LogP contribution is 2.17. The number of nitrogens with zero attached hydrogens (tertiary/aromatic N) is 1. The number of anilines is 1. The number of fused-ring (bicyclic) bond motifs is 1. The molecular weight excluding hydrogens is 474 g/mol. The first kappa shape index (κ1) is 21.2. The van der Waals surface area contributed by atoms with Crippen LogP contribution >= 0.6 is 28.1 Å². The Bertz CT molecular complexity index is 1440. The third-order valence-corrected chi connectivity index (χ3v) is 6.05. The smallest absolute Gasteiger partial charge is 0.262 e. The predicted octanol–water partition coefficient (Wildman–Crippen LogP) is 5.74. The number of halogens is 1. The van der Waals surface area contributed by atoms with E-state index in [4.69, 9.17) is 12.2 Å². The zero-order valence-electron chi connectivity index (χ0n) is 17.0. The van der Waals surface area contributed by atoms with E-state index in [0.717, 1.165) is 26.9 Å². The number of nitrogens with one attached hydrogen (secondary N) is 2. The highest BCUT2D eigenvalue weighted by atomic mass is 79.9. The zero-order valence-corrected chi connectivity index (χ0v) is 19.4. The molecule has 7 heteroatoms. The quantitative estimate of drug-likeness (QED) is 0.356. The van der Waals surface area contributed by atoms with E-state index in [0.29, 0.717) is 27.8 Å². The van der Waals surface area contributed by atoms with Gasteiger partial charge >= 0.3 is 0 Å². The molecule has 0 fully saturated rings. The van der Waals surface area contributed by atoms with Crippen molar-refractivity contribution in [3.05, 3.63) is 103 Å². The molecule has 0 saturated heterocycles. The van der Waals surface area contributed by atoms with Crippen LogP contribution in [0.4, 0.5) is 5.69 Å². The van der Waals surface area contributed by atoms with Crippen molar-refractivity contribution in [3.8, 4) is 0 Å². The highest BCUT2D eigenvalue weighted by Gasteiger charge is 2.12.